The molecule has 0 aliphatic carbocycles. The number of carbonyl (C=O) groups is 1. The van der Waals surface area contributed by atoms with Crippen LogP contribution in [0.5, 0.6) is 0 Å². The van der Waals surface area contributed by atoms with Gasteiger partial charge in [-0.15, -0.1) is 0 Å². The fraction of sp³-hybridized carbons (Fsp3) is 0. The molecule has 0 saturated carbocycles. The molecular weight excluding hydrogens is 452 g/mol. The fourth-order valence-electron chi connectivity index (χ4n) is 3.50. The zero-order chi connectivity index (χ0) is 21.2. The van der Waals surface area contributed by atoms with E-state index in [1.165, 1.54) is 6.08 Å². The predicted octanol–water partition coefficient (Wildman–Crippen LogP) is 7.06. The maximum atomic E-state index is 12.3. The van der Waals surface area contributed by atoms with Gasteiger partial charge in [-0.1, -0.05) is 70.5 Å². The van der Waals surface area contributed by atoms with E-state index in [1.54, 1.807) is 6.08 Å². The Morgan fingerprint density at radius 1 is 0.903 bits per heavy atom. The molecule has 1 N–H and O–H groups in total. The summed E-state index contributed by atoms with van der Waals surface area (Å²) in [7, 11) is 0. The van der Waals surface area contributed by atoms with Gasteiger partial charge in [0.25, 0.3) is 0 Å². The smallest absolute Gasteiger partial charge is 0.248 e. The van der Waals surface area contributed by atoms with E-state index >= 15 is 0 Å². The third-order valence-electron chi connectivity index (χ3n) is 4.98. The fourth-order valence-corrected chi connectivity index (χ4v) is 4.00. The van der Waals surface area contributed by atoms with Crippen molar-refractivity contribution in [2.45, 2.75) is 0 Å². The number of benzene rings is 4. The van der Waals surface area contributed by atoms with Crippen LogP contribution in [-0.4, -0.2) is 10.9 Å². The number of anilines is 1. The Labute approximate surface area is 187 Å². The first-order valence-corrected chi connectivity index (χ1v) is 10.6. The van der Waals surface area contributed by atoms with Crippen molar-refractivity contribution >= 4 is 55.5 Å². The highest BCUT2D eigenvalue weighted by Gasteiger charge is 2.13. The van der Waals surface area contributed by atoms with Crippen LogP contribution in [0.1, 0.15) is 5.56 Å². The Balaban J connectivity index is 1.43. The molecule has 0 radical (unpaired) electrons. The van der Waals surface area contributed by atoms with Crippen molar-refractivity contribution in [1.29, 1.82) is 0 Å². The summed E-state index contributed by atoms with van der Waals surface area (Å²) in [6.07, 6.45) is 3.29. The quantitative estimate of drug-likeness (QED) is 0.287. The van der Waals surface area contributed by atoms with E-state index in [0.717, 1.165) is 26.4 Å². The SMILES string of the molecule is O=C(/C=C/c1ccccc1)Nc1ccc2oc(-c3cccc4c(Br)cccc34)nc2c1. The molecule has 0 aliphatic rings. The minimum absolute atomic E-state index is 0.203. The van der Waals surface area contributed by atoms with Crippen molar-refractivity contribution in [3.8, 4) is 11.5 Å². The van der Waals surface area contributed by atoms with Crippen molar-refractivity contribution in [2.75, 3.05) is 5.32 Å². The van der Waals surface area contributed by atoms with E-state index in [4.69, 9.17) is 4.42 Å². The summed E-state index contributed by atoms with van der Waals surface area (Å²) in [6, 6.07) is 27.2. The number of hydrogen-bond donors (Lipinski definition) is 1. The summed E-state index contributed by atoms with van der Waals surface area (Å²) >= 11 is 3.60. The monoisotopic (exact) mass is 468 g/mol. The van der Waals surface area contributed by atoms with Crippen LogP contribution in [0.4, 0.5) is 5.69 Å². The molecule has 0 atom stereocenters. The van der Waals surface area contributed by atoms with Crippen LogP contribution in [0, 0.1) is 0 Å². The zero-order valence-electron chi connectivity index (χ0n) is 16.4. The van der Waals surface area contributed by atoms with Crippen LogP contribution in [0.2, 0.25) is 0 Å². The number of halogens is 1. The first-order chi connectivity index (χ1) is 15.2. The molecule has 5 heteroatoms. The van der Waals surface area contributed by atoms with E-state index in [0.29, 0.717) is 22.7 Å². The Morgan fingerprint density at radius 3 is 2.58 bits per heavy atom. The van der Waals surface area contributed by atoms with E-state index < -0.39 is 0 Å². The molecule has 150 valence electrons. The summed E-state index contributed by atoms with van der Waals surface area (Å²) in [5.74, 6) is 0.344. The largest absolute Gasteiger partial charge is 0.436 e. The minimum Gasteiger partial charge on any atom is -0.436 e. The number of oxazole rings is 1. The first-order valence-electron chi connectivity index (χ1n) is 9.80. The Bertz CT molecular complexity index is 1440. The molecule has 0 bridgehead atoms. The molecule has 0 fully saturated rings. The second-order valence-electron chi connectivity index (χ2n) is 7.08. The topological polar surface area (TPSA) is 55.1 Å². The highest BCUT2D eigenvalue weighted by atomic mass is 79.9. The summed E-state index contributed by atoms with van der Waals surface area (Å²) in [4.78, 5) is 17.0. The molecule has 0 unspecified atom stereocenters. The van der Waals surface area contributed by atoms with Gasteiger partial charge in [0.2, 0.25) is 11.8 Å². The molecule has 0 aliphatic heterocycles. The molecule has 4 nitrogen and oxygen atoms in total. The summed E-state index contributed by atoms with van der Waals surface area (Å²) < 4.78 is 7.04. The maximum Gasteiger partial charge on any atom is 0.248 e. The van der Waals surface area contributed by atoms with Gasteiger partial charge in [-0.3, -0.25) is 4.79 Å². The average molecular weight is 469 g/mol. The van der Waals surface area contributed by atoms with Gasteiger partial charge in [0, 0.05) is 21.8 Å². The van der Waals surface area contributed by atoms with E-state index in [-0.39, 0.29) is 5.91 Å². The lowest BCUT2D eigenvalue weighted by Gasteiger charge is -2.04. The first kappa shape index (κ1) is 19.3. The van der Waals surface area contributed by atoms with Crippen molar-refractivity contribution in [1.82, 2.24) is 4.98 Å². The van der Waals surface area contributed by atoms with Gasteiger partial charge in [-0.05, 0) is 52.7 Å². The number of aromatic nitrogens is 1. The normalized spacial score (nSPS) is 11.4. The summed E-state index contributed by atoms with van der Waals surface area (Å²) in [5, 5.41) is 5.03. The van der Waals surface area contributed by atoms with Crippen LogP contribution in [0.15, 0.2) is 99.9 Å². The summed E-state index contributed by atoms with van der Waals surface area (Å²) in [6.45, 7) is 0. The zero-order valence-corrected chi connectivity index (χ0v) is 18.0. The Morgan fingerprint density at radius 2 is 1.71 bits per heavy atom. The average Bonchev–Trinajstić information content (AvgIpc) is 3.22. The summed E-state index contributed by atoms with van der Waals surface area (Å²) in [5.41, 5.74) is 3.91. The number of hydrogen-bond acceptors (Lipinski definition) is 3. The lowest BCUT2D eigenvalue weighted by molar-refractivity contribution is -0.111. The van der Waals surface area contributed by atoms with Gasteiger partial charge in [0.15, 0.2) is 5.58 Å². The van der Waals surface area contributed by atoms with Crippen molar-refractivity contribution in [2.24, 2.45) is 0 Å². The Hall–Kier alpha value is -3.70. The lowest BCUT2D eigenvalue weighted by Crippen LogP contribution is -2.07. The molecule has 5 aromatic rings. The minimum atomic E-state index is -0.203. The molecule has 1 heterocycles. The number of nitrogens with one attached hydrogen (secondary N) is 1. The third-order valence-corrected chi connectivity index (χ3v) is 5.67. The van der Waals surface area contributed by atoms with Gasteiger partial charge in [-0.2, -0.15) is 0 Å². The number of carbonyl (C=O) groups excluding carboxylic acids is 1. The molecule has 0 saturated heterocycles. The second kappa shape index (κ2) is 8.20. The molecule has 1 amide bonds. The molecule has 0 spiro atoms. The van der Waals surface area contributed by atoms with Crippen LogP contribution in [0.25, 0.3) is 39.4 Å². The van der Waals surface area contributed by atoms with Crippen molar-refractivity contribution in [3.63, 3.8) is 0 Å². The van der Waals surface area contributed by atoms with Crippen LogP contribution in [-0.2, 0) is 4.79 Å². The third kappa shape index (κ3) is 4.00. The highest BCUT2D eigenvalue weighted by molar-refractivity contribution is 9.10. The number of amides is 1. The van der Waals surface area contributed by atoms with Gasteiger partial charge >= 0.3 is 0 Å². The van der Waals surface area contributed by atoms with Gasteiger partial charge in [-0.25, -0.2) is 4.98 Å². The number of fused-ring (bicyclic) bond motifs is 2. The van der Waals surface area contributed by atoms with Crippen LogP contribution < -0.4 is 5.32 Å². The molecule has 1 aromatic heterocycles. The molecule has 5 rings (SSSR count). The molecule has 31 heavy (non-hydrogen) atoms. The van der Waals surface area contributed by atoms with Crippen molar-refractivity contribution < 1.29 is 9.21 Å². The van der Waals surface area contributed by atoms with Crippen molar-refractivity contribution in [3.05, 3.63) is 101 Å². The standard InChI is InChI=1S/C26H17BrN2O2/c27-22-11-5-8-19-20(22)9-4-10-21(19)26-29-23-16-18(13-14-24(23)31-26)28-25(30)15-12-17-6-2-1-3-7-17/h1-16H,(H,28,30)/b15-12+. The van der Waals surface area contributed by atoms with E-state index in [2.05, 4.69) is 38.4 Å². The highest BCUT2D eigenvalue weighted by Crippen LogP contribution is 2.34. The van der Waals surface area contributed by atoms with Gasteiger partial charge in [0.05, 0.1) is 0 Å². The Kier molecular flexibility index (Phi) is 5.10. The van der Waals surface area contributed by atoms with E-state index in [9.17, 15) is 4.79 Å². The number of nitrogens with zero attached hydrogens (tertiary/aromatic N) is 1. The van der Waals surface area contributed by atoms with Crippen LogP contribution >= 0.6 is 15.9 Å². The second-order valence-corrected chi connectivity index (χ2v) is 7.93. The van der Waals surface area contributed by atoms with Gasteiger partial charge in [0.1, 0.15) is 5.52 Å². The van der Waals surface area contributed by atoms with Crippen LogP contribution in [0.3, 0.4) is 0 Å². The number of rotatable bonds is 4. The lowest BCUT2D eigenvalue weighted by atomic mass is 10.0. The maximum absolute atomic E-state index is 12.3. The van der Waals surface area contributed by atoms with E-state index in [1.807, 2.05) is 72.8 Å². The van der Waals surface area contributed by atoms with Gasteiger partial charge < -0.3 is 9.73 Å². The molecule has 4 aromatic carbocycles. The molecular formula is C26H17BrN2O2. The predicted molar refractivity (Wildman–Crippen MR) is 129 cm³/mol.